The Bertz CT molecular complexity index is 470. The molecule has 0 bridgehead atoms. The van der Waals surface area contributed by atoms with Crippen molar-refractivity contribution in [2.45, 2.75) is 31.8 Å². The van der Waals surface area contributed by atoms with Crippen LogP contribution >= 0.6 is 11.6 Å². The van der Waals surface area contributed by atoms with Gasteiger partial charge in [0.05, 0.1) is 18.9 Å². The van der Waals surface area contributed by atoms with Crippen molar-refractivity contribution in [2.24, 2.45) is 5.92 Å². The summed E-state index contributed by atoms with van der Waals surface area (Å²) in [4.78, 5) is 12.3. The van der Waals surface area contributed by atoms with Gasteiger partial charge in [-0.2, -0.15) is 0 Å². The lowest BCUT2D eigenvalue weighted by Crippen LogP contribution is -2.29. The first kappa shape index (κ1) is 15.1. The van der Waals surface area contributed by atoms with Gasteiger partial charge in [-0.05, 0) is 43.9 Å². The predicted octanol–water partition coefficient (Wildman–Crippen LogP) is 3.49. The van der Waals surface area contributed by atoms with E-state index in [1.54, 1.807) is 32.4 Å². The van der Waals surface area contributed by atoms with Crippen LogP contribution in [0, 0.1) is 5.92 Å². The highest BCUT2D eigenvalue weighted by Gasteiger charge is 2.26. The number of rotatable bonds is 4. The Morgan fingerprint density at radius 3 is 2.55 bits per heavy atom. The summed E-state index contributed by atoms with van der Waals surface area (Å²) in [5.74, 6) is 0.679. The average Bonchev–Trinajstić information content (AvgIpc) is 2.47. The van der Waals surface area contributed by atoms with Crippen molar-refractivity contribution in [1.82, 2.24) is 0 Å². The summed E-state index contributed by atoms with van der Waals surface area (Å²) in [5.41, 5.74) is 0.624. The van der Waals surface area contributed by atoms with Crippen LogP contribution in [0.3, 0.4) is 0 Å². The van der Waals surface area contributed by atoms with Gasteiger partial charge in [-0.15, -0.1) is 0 Å². The van der Waals surface area contributed by atoms with Crippen molar-refractivity contribution in [3.8, 4) is 5.75 Å². The van der Waals surface area contributed by atoms with Crippen LogP contribution in [-0.2, 0) is 9.53 Å². The second kappa shape index (κ2) is 6.95. The van der Waals surface area contributed by atoms with E-state index >= 15 is 0 Å². The smallest absolute Gasteiger partial charge is 0.227 e. The summed E-state index contributed by atoms with van der Waals surface area (Å²) in [5, 5.41) is 3.49. The molecule has 1 saturated carbocycles. The maximum Gasteiger partial charge on any atom is 0.227 e. The summed E-state index contributed by atoms with van der Waals surface area (Å²) in [7, 11) is 3.30. The largest absolute Gasteiger partial charge is 0.495 e. The van der Waals surface area contributed by atoms with E-state index in [4.69, 9.17) is 21.1 Å². The molecule has 1 aliphatic rings. The molecule has 5 heteroatoms. The first-order valence-electron chi connectivity index (χ1n) is 6.81. The highest BCUT2D eigenvalue weighted by atomic mass is 35.5. The van der Waals surface area contributed by atoms with E-state index in [0.29, 0.717) is 22.6 Å². The Morgan fingerprint density at radius 1 is 1.25 bits per heavy atom. The third-order valence-electron chi connectivity index (χ3n) is 3.80. The first-order valence-corrected chi connectivity index (χ1v) is 7.19. The zero-order chi connectivity index (χ0) is 14.5. The van der Waals surface area contributed by atoms with Crippen LogP contribution in [-0.4, -0.2) is 26.2 Å². The molecule has 1 fully saturated rings. The number of amides is 1. The Hall–Kier alpha value is -1.26. The summed E-state index contributed by atoms with van der Waals surface area (Å²) < 4.78 is 10.6. The topological polar surface area (TPSA) is 47.6 Å². The number of ether oxygens (including phenoxy) is 2. The number of nitrogens with one attached hydrogen (secondary N) is 1. The minimum absolute atomic E-state index is 0.0279. The molecular weight excluding hydrogens is 278 g/mol. The van der Waals surface area contributed by atoms with Crippen LogP contribution in [0.2, 0.25) is 5.02 Å². The molecule has 4 nitrogen and oxygen atoms in total. The third-order valence-corrected chi connectivity index (χ3v) is 4.03. The van der Waals surface area contributed by atoms with Gasteiger partial charge in [0.2, 0.25) is 5.91 Å². The quantitative estimate of drug-likeness (QED) is 0.925. The fraction of sp³-hybridized carbons (Fsp3) is 0.533. The molecule has 0 unspecified atom stereocenters. The molecule has 0 spiro atoms. The Labute approximate surface area is 124 Å². The van der Waals surface area contributed by atoms with Crippen LogP contribution in [0.5, 0.6) is 5.75 Å². The van der Waals surface area contributed by atoms with Gasteiger partial charge < -0.3 is 14.8 Å². The number of hydrogen-bond acceptors (Lipinski definition) is 3. The normalized spacial score (nSPS) is 22.4. The molecule has 0 heterocycles. The lowest BCUT2D eigenvalue weighted by molar-refractivity contribution is -0.121. The summed E-state index contributed by atoms with van der Waals surface area (Å²) in [6.07, 6.45) is 3.86. The van der Waals surface area contributed by atoms with Crippen molar-refractivity contribution < 1.29 is 14.3 Å². The number of anilines is 1. The monoisotopic (exact) mass is 297 g/mol. The molecule has 1 aromatic carbocycles. The standard InChI is InChI=1S/C15H20ClNO3/c1-19-12-6-3-10(4-7-12)15(18)17-13-9-11(16)5-8-14(13)20-2/h5,8-10,12H,3-4,6-7H2,1-2H3,(H,17,18). The molecule has 1 amide bonds. The van der Waals surface area contributed by atoms with E-state index in [1.807, 2.05) is 0 Å². The van der Waals surface area contributed by atoms with Crippen molar-refractivity contribution in [3.63, 3.8) is 0 Å². The van der Waals surface area contributed by atoms with E-state index < -0.39 is 0 Å². The van der Waals surface area contributed by atoms with Crippen molar-refractivity contribution in [2.75, 3.05) is 19.5 Å². The average molecular weight is 298 g/mol. The number of carbonyl (C=O) groups excluding carboxylic acids is 1. The Balaban J connectivity index is 1.99. The fourth-order valence-electron chi connectivity index (χ4n) is 2.57. The molecule has 1 N–H and O–H groups in total. The van der Waals surface area contributed by atoms with Crippen LogP contribution in [0.15, 0.2) is 18.2 Å². The molecule has 1 aliphatic carbocycles. The van der Waals surface area contributed by atoms with Crippen molar-refractivity contribution in [1.29, 1.82) is 0 Å². The molecule has 1 aromatic rings. The van der Waals surface area contributed by atoms with Crippen LogP contribution in [0.4, 0.5) is 5.69 Å². The molecule has 20 heavy (non-hydrogen) atoms. The lowest BCUT2D eigenvalue weighted by atomic mass is 9.87. The number of benzene rings is 1. The number of carbonyl (C=O) groups is 1. The van der Waals surface area contributed by atoms with Crippen molar-refractivity contribution >= 4 is 23.2 Å². The molecule has 0 atom stereocenters. The van der Waals surface area contributed by atoms with Crippen LogP contribution in [0.1, 0.15) is 25.7 Å². The zero-order valence-corrected chi connectivity index (χ0v) is 12.6. The Morgan fingerprint density at radius 2 is 1.95 bits per heavy atom. The van der Waals surface area contributed by atoms with Gasteiger partial charge >= 0.3 is 0 Å². The highest BCUT2D eigenvalue weighted by Crippen LogP contribution is 2.31. The lowest BCUT2D eigenvalue weighted by Gasteiger charge is -2.26. The van der Waals surface area contributed by atoms with Gasteiger partial charge in [0.25, 0.3) is 0 Å². The van der Waals surface area contributed by atoms with Crippen LogP contribution < -0.4 is 10.1 Å². The van der Waals surface area contributed by atoms with Gasteiger partial charge in [0.1, 0.15) is 5.75 Å². The minimum Gasteiger partial charge on any atom is -0.495 e. The SMILES string of the molecule is COc1ccc(Cl)cc1NC(=O)C1CCC(OC)CC1. The van der Waals surface area contributed by atoms with Gasteiger partial charge in [0.15, 0.2) is 0 Å². The molecule has 0 radical (unpaired) electrons. The van der Waals surface area contributed by atoms with Gasteiger partial charge in [-0.3, -0.25) is 4.79 Å². The van der Waals surface area contributed by atoms with Crippen molar-refractivity contribution in [3.05, 3.63) is 23.2 Å². The predicted molar refractivity (Wildman–Crippen MR) is 79.4 cm³/mol. The number of halogens is 1. The van der Waals surface area contributed by atoms with E-state index in [-0.39, 0.29) is 11.8 Å². The highest BCUT2D eigenvalue weighted by molar-refractivity contribution is 6.31. The molecule has 0 saturated heterocycles. The third kappa shape index (κ3) is 3.64. The molecule has 0 aliphatic heterocycles. The summed E-state index contributed by atoms with van der Waals surface area (Å²) >= 11 is 5.96. The fourth-order valence-corrected chi connectivity index (χ4v) is 2.75. The Kier molecular flexibility index (Phi) is 5.26. The van der Waals surface area contributed by atoms with E-state index in [1.165, 1.54) is 0 Å². The maximum absolute atomic E-state index is 12.3. The molecule has 110 valence electrons. The van der Waals surface area contributed by atoms with E-state index in [0.717, 1.165) is 25.7 Å². The van der Waals surface area contributed by atoms with E-state index in [2.05, 4.69) is 5.32 Å². The van der Waals surface area contributed by atoms with Gasteiger partial charge in [0, 0.05) is 18.1 Å². The number of methoxy groups -OCH3 is 2. The molecule has 2 rings (SSSR count). The molecule has 0 aromatic heterocycles. The first-order chi connectivity index (χ1) is 9.63. The second-order valence-corrected chi connectivity index (χ2v) is 5.48. The summed E-state index contributed by atoms with van der Waals surface area (Å²) in [6.45, 7) is 0. The van der Waals surface area contributed by atoms with Gasteiger partial charge in [-0.1, -0.05) is 11.6 Å². The maximum atomic E-state index is 12.3. The minimum atomic E-state index is 0.0279. The molecular formula is C15H20ClNO3. The second-order valence-electron chi connectivity index (χ2n) is 5.04. The number of hydrogen-bond donors (Lipinski definition) is 1. The van der Waals surface area contributed by atoms with E-state index in [9.17, 15) is 4.79 Å². The summed E-state index contributed by atoms with van der Waals surface area (Å²) in [6, 6.07) is 5.19. The zero-order valence-electron chi connectivity index (χ0n) is 11.8. The van der Waals surface area contributed by atoms with Crippen LogP contribution in [0.25, 0.3) is 0 Å². The van der Waals surface area contributed by atoms with Gasteiger partial charge in [-0.25, -0.2) is 0 Å².